The number of amides is 1. The number of likely N-dealkylation sites (N-methyl/N-ethyl adjacent to an activating group) is 1. The average molecular weight is 380 g/mol. The molecular weight excluding hydrogens is 361 g/mol. The van der Waals surface area contributed by atoms with Crippen LogP contribution in [0.1, 0.15) is 27.0 Å². The van der Waals surface area contributed by atoms with E-state index >= 15 is 0 Å². The summed E-state index contributed by atoms with van der Waals surface area (Å²) in [5, 5.41) is 0.375. The molecule has 6 heteroatoms. The van der Waals surface area contributed by atoms with Crippen molar-refractivity contribution in [2.45, 2.75) is 20.4 Å². The first-order valence-corrected chi connectivity index (χ1v) is 8.46. The molecule has 0 radical (unpaired) electrons. The zero-order chi connectivity index (χ0) is 18.6. The number of carbonyl (C=O) groups excluding carboxylic acids is 2. The van der Waals surface area contributed by atoms with Crippen molar-refractivity contribution in [2.24, 2.45) is 0 Å². The largest absolute Gasteiger partial charge is 0.452 e. The van der Waals surface area contributed by atoms with Crippen LogP contribution < -0.4 is 0 Å². The second kappa shape index (κ2) is 8.37. The number of aryl methyl sites for hydroxylation is 2. The molecule has 132 valence electrons. The molecule has 0 spiro atoms. The fraction of sp³-hybridized carbons (Fsp3) is 0.263. The third-order valence-electron chi connectivity index (χ3n) is 3.83. The summed E-state index contributed by atoms with van der Waals surface area (Å²) >= 11 is 11.8. The predicted octanol–water partition coefficient (Wildman–Crippen LogP) is 4.43. The van der Waals surface area contributed by atoms with E-state index in [1.54, 1.807) is 19.2 Å². The van der Waals surface area contributed by atoms with E-state index in [0.717, 1.165) is 11.1 Å². The molecule has 0 fully saturated rings. The summed E-state index contributed by atoms with van der Waals surface area (Å²) < 4.78 is 5.06. The summed E-state index contributed by atoms with van der Waals surface area (Å²) in [5.74, 6) is -0.979. The zero-order valence-corrected chi connectivity index (χ0v) is 15.8. The topological polar surface area (TPSA) is 46.6 Å². The lowest BCUT2D eigenvalue weighted by atomic mass is 10.1. The van der Waals surface area contributed by atoms with Gasteiger partial charge in [0.1, 0.15) is 0 Å². The molecule has 1 amide bonds. The summed E-state index contributed by atoms with van der Waals surface area (Å²) in [5.41, 5.74) is 3.47. The van der Waals surface area contributed by atoms with E-state index in [2.05, 4.69) is 6.07 Å². The highest BCUT2D eigenvalue weighted by Gasteiger charge is 2.17. The fourth-order valence-electron chi connectivity index (χ4n) is 2.34. The molecule has 0 unspecified atom stereocenters. The van der Waals surface area contributed by atoms with Crippen molar-refractivity contribution in [3.63, 3.8) is 0 Å². The second-order valence-electron chi connectivity index (χ2n) is 5.86. The van der Waals surface area contributed by atoms with Gasteiger partial charge in [0, 0.05) is 13.6 Å². The number of nitrogens with zero attached hydrogens (tertiary/aromatic N) is 1. The van der Waals surface area contributed by atoms with Gasteiger partial charge in [-0.15, -0.1) is 0 Å². The van der Waals surface area contributed by atoms with Crippen LogP contribution >= 0.6 is 23.2 Å². The van der Waals surface area contributed by atoms with E-state index in [0.29, 0.717) is 6.54 Å². The summed E-state index contributed by atoms with van der Waals surface area (Å²) in [4.78, 5) is 25.8. The van der Waals surface area contributed by atoms with Crippen LogP contribution in [-0.4, -0.2) is 30.4 Å². The number of rotatable bonds is 5. The smallest absolute Gasteiger partial charge is 0.340 e. The molecule has 0 bridgehead atoms. The highest BCUT2D eigenvalue weighted by Crippen LogP contribution is 2.26. The first-order chi connectivity index (χ1) is 11.8. The minimum absolute atomic E-state index is 0.116. The summed E-state index contributed by atoms with van der Waals surface area (Å²) in [6.07, 6.45) is 0. The molecule has 4 nitrogen and oxygen atoms in total. The van der Waals surface area contributed by atoms with Crippen molar-refractivity contribution in [1.82, 2.24) is 4.90 Å². The molecule has 0 N–H and O–H groups in total. The quantitative estimate of drug-likeness (QED) is 0.722. The third kappa shape index (κ3) is 4.97. The monoisotopic (exact) mass is 379 g/mol. The Bertz CT molecular complexity index is 805. The van der Waals surface area contributed by atoms with Gasteiger partial charge in [-0.3, -0.25) is 4.79 Å². The first kappa shape index (κ1) is 19.3. The predicted molar refractivity (Wildman–Crippen MR) is 99.1 cm³/mol. The second-order valence-corrected chi connectivity index (χ2v) is 6.64. The van der Waals surface area contributed by atoms with Crippen LogP contribution in [0.15, 0.2) is 36.4 Å². The van der Waals surface area contributed by atoms with Gasteiger partial charge < -0.3 is 9.64 Å². The highest BCUT2D eigenvalue weighted by atomic mass is 35.5. The number of ether oxygens (including phenoxy) is 1. The number of carbonyl (C=O) groups is 2. The van der Waals surface area contributed by atoms with Gasteiger partial charge in [-0.1, -0.05) is 53.0 Å². The number of halogens is 2. The van der Waals surface area contributed by atoms with E-state index < -0.39 is 5.97 Å². The van der Waals surface area contributed by atoms with Crippen molar-refractivity contribution in [1.29, 1.82) is 0 Å². The van der Waals surface area contributed by atoms with Gasteiger partial charge in [-0.2, -0.15) is 0 Å². The molecule has 0 aliphatic heterocycles. The normalized spacial score (nSPS) is 10.4. The number of hydrogen-bond donors (Lipinski definition) is 0. The summed E-state index contributed by atoms with van der Waals surface area (Å²) in [6, 6.07) is 10.7. The minimum Gasteiger partial charge on any atom is -0.452 e. The average Bonchev–Trinajstić information content (AvgIpc) is 2.57. The van der Waals surface area contributed by atoms with Crippen LogP contribution in [0.2, 0.25) is 10.0 Å². The van der Waals surface area contributed by atoms with E-state index in [1.165, 1.54) is 16.5 Å². The number of esters is 1. The SMILES string of the molecule is Cc1ccc(CN(C)C(=O)COC(=O)c2cccc(Cl)c2Cl)c(C)c1. The number of benzene rings is 2. The molecule has 0 saturated carbocycles. The van der Waals surface area contributed by atoms with Crippen LogP contribution in [-0.2, 0) is 16.1 Å². The van der Waals surface area contributed by atoms with Gasteiger partial charge in [-0.25, -0.2) is 4.79 Å². The van der Waals surface area contributed by atoms with Gasteiger partial charge >= 0.3 is 5.97 Å². The van der Waals surface area contributed by atoms with E-state index in [9.17, 15) is 9.59 Å². The highest BCUT2D eigenvalue weighted by molar-refractivity contribution is 6.43. The van der Waals surface area contributed by atoms with Crippen molar-refractivity contribution in [3.05, 3.63) is 68.7 Å². The lowest BCUT2D eigenvalue weighted by Crippen LogP contribution is -2.31. The van der Waals surface area contributed by atoms with Gasteiger partial charge in [-0.05, 0) is 37.1 Å². The molecule has 0 aliphatic rings. The Labute approximate surface area is 157 Å². The fourth-order valence-corrected chi connectivity index (χ4v) is 2.72. The van der Waals surface area contributed by atoms with Crippen LogP contribution in [0.4, 0.5) is 0 Å². The zero-order valence-electron chi connectivity index (χ0n) is 14.3. The maximum Gasteiger partial charge on any atom is 0.340 e. The lowest BCUT2D eigenvalue weighted by Gasteiger charge is -2.19. The van der Waals surface area contributed by atoms with Crippen LogP contribution in [0, 0.1) is 13.8 Å². The first-order valence-electron chi connectivity index (χ1n) is 7.71. The van der Waals surface area contributed by atoms with Crippen molar-refractivity contribution in [2.75, 3.05) is 13.7 Å². The molecule has 0 aromatic heterocycles. The van der Waals surface area contributed by atoms with Crippen LogP contribution in [0.3, 0.4) is 0 Å². The van der Waals surface area contributed by atoms with Gasteiger partial charge in [0.15, 0.2) is 6.61 Å². The molecule has 2 aromatic rings. The molecule has 2 aromatic carbocycles. The third-order valence-corrected chi connectivity index (χ3v) is 4.65. The van der Waals surface area contributed by atoms with Crippen LogP contribution in [0.5, 0.6) is 0 Å². The molecule has 2 rings (SSSR count). The standard InChI is InChI=1S/C19H19Cl2NO3/c1-12-7-8-14(13(2)9-12)10-22(3)17(23)11-25-19(24)15-5-4-6-16(20)18(15)21/h4-9H,10-11H2,1-3H3. The molecule has 0 atom stereocenters. The van der Waals surface area contributed by atoms with Gasteiger partial charge in [0.2, 0.25) is 0 Å². The maximum absolute atomic E-state index is 12.2. The van der Waals surface area contributed by atoms with Crippen molar-refractivity contribution in [3.8, 4) is 0 Å². The van der Waals surface area contributed by atoms with Gasteiger partial charge in [0.05, 0.1) is 15.6 Å². The van der Waals surface area contributed by atoms with E-state index in [-0.39, 0.29) is 28.1 Å². The molecule has 0 aliphatic carbocycles. The minimum atomic E-state index is -0.680. The maximum atomic E-state index is 12.2. The molecular formula is C19H19Cl2NO3. The number of hydrogen-bond acceptors (Lipinski definition) is 3. The molecule has 25 heavy (non-hydrogen) atoms. The molecule has 0 saturated heterocycles. The molecule has 0 heterocycles. The van der Waals surface area contributed by atoms with Gasteiger partial charge in [0.25, 0.3) is 5.91 Å². The Morgan fingerprint density at radius 3 is 2.52 bits per heavy atom. The van der Waals surface area contributed by atoms with Crippen molar-refractivity contribution >= 4 is 35.1 Å². The Morgan fingerprint density at radius 1 is 1.12 bits per heavy atom. The lowest BCUT2D eigenvalue weighted by molar-refractivity contribution is -0.133. The van der Waals surface area contributed by atoms with E-state index in [1.807, 2.05) is 26.0 Å². The van der Waals surface area contributed by atoms with Crippen LogP contribution in [0.25, 0.3) is 0 Å². The van der Waals surface area contributed by atoms with Crippen molar-refractivity contribution < 1.29 is 14.3 Å². The Morgan fingerprint density at radius 2 is 1.84 bits per heavy atom. The summed E-state index contributed by atoms with van der Waals surface area (Å²) in [7, 11) is 1.67. The van der Waals surface area contributed by atoms with E-state index in [4.69, 9.17) is 27.9 Å². The Hall–Kier alpha value is -2.04. The Kier molecular flexibility index (Phi) is 6.45. The summed E-state index contributed by atoms with van der Waals surface area (Å²) in [6.45, 7) is 4.11. The Balaban J connectivity index is 1.95.